The van der Waals surface area contributed by atoms with E-state index in [0.29, 0.717) is 15.6 Å². The summed E-state index contributed by atoms with van der Waals surface area (Å²) in [5, 5.41) is 3.06. The average molecular weight is 414 g/mol. The lowest BCUT2D eigenvalue weighted by Gasteiger charge is -2.13. The average Bonchev–Trinajstić information content (AvgIpc) is 3.11. The summed E-state index contributed by atoms with van der Waals surface area (Å²) in [7, 11) is 1.58. The summed E-state index contributed by atoms with van der Waals surface area (Å²) < 4.78 is 24.1. The Hall–Kier alpha value is -3.26. The Labute approximate surface area is 171 Å². The number of benzene rings is 2. The summed E-state index contributed by atoms with van der Waals surface area (Å²) in [4.78, 5) is 29.5. The van der Waals surface area contributed by atoms with E-state index in [0.717, 1.165) is 11.3 Å². The van der Waals surface area contributed by atoms with E-state index in [4.69, 9.17) is 9.47 Å². The van der Waals surface area contributed by atoms with Crippen LogP contribution in [0.3, 0.4) is 0 Å². The van der Waals surface area contributed by atoms with Crippen LogP contribution < -0.4 is 10.1 Å². The van der Waals surface area contributed by atoms with Crippen LogP contribution in [0.2, 0.25) is 0 Å². The third kappa shape index (κ3) is 4.78. The first-order chi connectivity index (χ1) is 13.9. The van der Waals surface area contributed by atoms with Crippen molar-refractivity contribution in [1.29, 1.82) is 0 Å². The van der Waals surface area contributed by atoms with Crippen molar-refractivity contribution in [3.63, 3.8) is 0 Å². The molecule has 0 aliphatic heterocycles. The molecule has 3 aromatic rings. The Balaban J connectivity index is 1.69. The standard InChI is InChI=1S/C21H19FN2O4S/c1-12-18(29-20(23-12)14-8-10-15(27-3)11-9-14)21(26)28-13(2)19(25)24-17-7-5-4-6-16(17)22/h4-11,13H,1-3H3,(H,24,25)/t13-/m1/s1. The Morgan fingerprint density at radius 3 is 2.48 bits per heavy atom. The Bertz CT molecular complexity index is 1030. The van der Waals surface area contributed by atoms with Crippen LogP contribution in [0.5, 0.6) is 5.75 Å². The van der Waals surface area contributed by atoms with Crippen molar-refractivity contribution in [2.24, 2.45) is 0 Å². The van der Waals surface area contributed by atoms with Gasteiger partial charge in [0.2, 0.25) is 0 Å². The van der Waals surface area contributed by atoms with E-state index in [1.165, 1.54) is 36.5 Å². The van der Waals surface area contributed by atoms with Crippen LogP contribution in [0.25, 0.3) is 10.6 Å². The molecule has 0 radical (unpaired) electrons. The highest BCUT2D eigenvalue weighted by Gasteiger charge is 2.23. The van der Waals surface area contributed by atoms with E-state index < -0.39 is 23.8 Å². The van der Waals surface area contributed by atoms with Gasteiger partial charge in [-0.1, -0.05) is 12.1 Å². The van der Waals surface area contributed by atoms with E-state index in [2.05, 4.69) is 10.3 Å². The third-order valence-corrected chi connectivity index (χ3v) is 5.29. The van der Waals surface area contributed by atoms with Gasteiger partial charge in [0.25, 0.3) is 5.91 Å². The van der Waals surface area contributed by atoms with Crippen LogP contribution in [0.1, 0.15) is 22.3 Å². The molecule has 0 spiro atoms. The molecule has 1 atom stereocenters. The van der Waals surface area contributed by atoms with Gasteiger partial charge < -0.3 is 14.8 Å². The van der Waals surface area contributed by atoms with Gasteiger partial charge in [0.05, 0.1) is 18.5 Å². The number of carbonyl (C=O) groups excluding carboxylic acids is 2. The van der Waals surface area contributed by atoms with Crippen molar-refractivity contribution in [3.8, 4) is 16.3 Å². The highest BCUT2D eigenvalue weighted by Crippen LogP contribution is 2.30. The summed E-state index contributed by atoms with van der Waals surface area (Å²) in [6, 6.07) is 13.1. The van der Waals surface area contributed by atoms with Gasteiger partial charge in [-0.15, -0.1) is 11.3 Å². The molecule has 1 aromatic heterocycles. The second-order valence-corrected chi connectivity index (χ2v) is 7.18. The molecule has 0 unspecified atom stereocenters. The fourth-order valence-electron chi connectivity index (χ4n) is 2.51. The minimum absolute atomic E-state index is 0.0242. The van der Waals surface area contributed by atoms with Crippen LogP contribution >= 0.6 is 11.3 Å². The molecule has 8 heteroatoms. The lowest BCUT2D eigenvalue weighted by Crippen LogP contribution is -2.30. The first kappa shape index (κ1) is 20.5. The lowest BCUT2D eigenvalue weighted by atomic mass is 10.2. The minimum atomic E-state index is -1.10. The fourth-order valence-corrected chi connectivity index (χ4v) is 3.46. The Morgan fingerprint density at radius 1 is 1.14 bits per heavy atom. The molecule has 3 rings (SSSR count). The summed E-state index contributed by atoms with van der Waals surface area (Å²) in [5.74, 6) is -1.13. The van der Waals surface area contributed by atoms with E-state index in [9.17, 15) is 14.0 Å². The zero-order valence-corrected chi connectivity index (χ0v) is 16.9. The maximum atomic E-state index is 13.7. The maximum Gasteiger partial charge on any atom is 0.351 e. The van der Waals surface area contributed by atoms with Crippen molar-refractivity contribution in [2.75, 3.05) is 12.4 Å². The van der Waals surface area contributed by atoms with Crippen molar-refractivity contribution in [3.05, 3.63) is 64.9 Å². The minimum Gasteiger partial charge on any atom is -0.497 e. The first-order valence-corrected chi connectivity index (χ1v) is 9.59. The van der Waals surface area contributed by atoms with E-state index in [1.807, 2.05) is 12.1 Å². The summed E-state index contributed by atoms with van der Waals surface area (Å²) in [6.45, 7) is 3.12. The van der Waals surface area contributed by atoms with Gasteiger partial charge in [0.15, 0.2) is 6.10 Å². The zero-order valence-electron chi connectivity index (χ0n) is 16.1. The van der Waals surface area contributed by atoms with Crippen LogP contribution in [-0.2, 0) is 9.53 Å². The number of aryl methyl sites for hydroxylation is 1. The molecule has 0 aliphatic rings. The van der Waals surface area contributed by atoms with Gasteiger partial charge in [0.1, 0.15) is 21.5 Å². The molecule has 6 nitrogen and oxygen atoms in total. The van der Waals surface area contributed by atoms with E-state index in [1.54, 1.807) is 32.2 Å². The molecule has 0 saturated heterocycles. The second-order valence-electron chi connectivity index (χ2n) is 6.18. The number of para-hydroxylation sites is 1. The van der Waals surface area contributed by atoms with E-state index >= 15 is 0 Å². The molecular formula is C21H19FN2O4S. The molecule has 150 valence electrons. The number of aromatic nitrogens is 1. The molecule has 1 heterocycles. The number of amides is 1. The number of carbonyl (C=O) groups is 2. The summed E-state index contributed by atoms with van der Waals surface area (Å²) >= 11 is 1.18. The fraction of sp³-hybridized carbons (Fsp3) is 0.190. The number of hydrogen-bond acceptors (Lipinski definition) is 6. The van der Waals surface area contributed by atoms with Gasteiger partial charge in [0, 0.05) is 5.56 Å². The smallest absolute Gasteiger partial charge is 0.351 e. The second kappa shape index (κ2) is 8.83. The van der Waals surface area contributed by atoms with Crippen molar-refractivity contribution in [2.45, 2.75) is 20.0 Å². The Kier molecular flexibility index (Phi) is 6.23. The number of halogens is 1. The molecule has 0 saturated carbocycles. The highest BCUT2D eigenvalue weighted by molar-refractivity contribution is 7.17. The lowest BCUT2D eigenvalue weighted by molar-refractivity contribution is -0.123. The number of thiazole rings is 1. The van der Waals surface area contributed by atoms with Crippen molar-refractivity contribution < 1.29 is 23.5 Å². The SMILES string of the molecule is COc1ccc(-c2nc(C)c(C(=O)O[C@H](C)C(=O)Nc3ccccc3F)s2)cc1. The molecule has 2 aromatic carbocycles. The van der Waals surface area contributed by atoms with Crippen molar-refractivity contribution in [1.82, 2.24) is 4.98 Å². The van der Waals surface area contributed by atoms with Crippen molar-refractivity contribution >= 4 is 28.9 Å². The van der Waals surface area contributed by atoms with Crippen LogP contribution in [0, 0.1) is 12.7 Å². The first-order valence-electron chi connectivity index (χ1n) is 8.77. The van der Waals surface area contributed by atoms with Crippen LogP contribution in [0.15, 0.2) is 48.5 Å². The van der Waals surface area contributed by atoms with Gasteiger partial charge >= 0.3 is 5.97 Å². The summed E-state index contributed by atoms with van der Waals surface area (Å²) in [6.07, 6.45) is -1.10. The normalized spacial score (nSPS) is 11.6. The monoisotopic (exact) mass is 414 g/mol. The maximum absolute atomic E-state index is 13.7. The largest absolute Gasteiger partial charge is 0.497 e. The number of hydrogen-bond donors (Lipinski definition) is 1. The zero-order chi connectivity index (χ0) is 21.0. The quantitative estimate of drug-likeness (QED) is 0.603. The number of esters is 1. The number of nitrogens with zero attached hydrogens (tertiary/aromatic N) is 1. The topological polar surface area (TPSA) is 77.5 Å². The van der Waals surface area contributed by atoms with Crippen LogP contribution in [-0.4, -0.2) is 30.1 Å². The number of rotatable bonds is 6. The number of anilines is 1. The summed E-state index contributed by atoms with van der Waals surface area (Å²) in [5.41, 5.74) is 1.37. The Morgan fingerprint density at radius 2 is 1.83 bits per heavy atom. The molecule has 29 heavy (non-hydrogen) atoms. The molecule has 0 aliphatic carbocycles. The number of methoxy groups -OCH3 is 1. The third-order valence-electron chi connectivity index (χ3n) is 4.10. The molecular weight excluding hydrogens is 395 g/mol. The van der Waals surface area contributed by atoms with Gasteiger partial charge in [-0.2, -0.15) is 0 Å². The number of ether oxygens (including phenoxy) is 2. The van der Waals surface area contributed by atoms with E-state index in [-0.39, 0.29) is 5.69 Å². The molecule has 0 bridgehead atoms. The number of nitrogens with one attached hydrogen (secondary N) is 1. The predicted molar refractivity (Wildman–Crippen MR) is 109 cm³/mol. The molecule has 1 N–H and O–H groups in total. The highest BCUT2D eigenvalue weighted by atomic mass is 32.1. The van der Waals surface area contributed by atoms with Gasteiger partial charge in [-0.05, 0) is 50.2 Å². The molecule has 0 fully saturated rings. The molecule has 1 amide bonds. The van der Waals surface area contributed by atoms with Gasteiger partial charge in [-0.25, -0.2) is 14.2 Å². The predicted octanol–water partition coefficient (Wildman–Crippen LogP) is 4.45. The van der Waals surface area contributed by atoms with Crippen LogP contribution in [0.4, 0.5) is 10.1 Å². The van der Waals surface area contributed by atoms with Gasteiger partial charge in [-0.3, -0.25) is 4.79 Å².